The highest BCUT2D eigenvalue weighted by Gasteiger charge is 2.28. The standard InChI is InChI=1S/C14H23N3S/c1-9(2)7-8-18-14-10(3)12(15-4)16-13(17-14)11-5-6-11/h9,11H,5-8H2,1-4H3,(H,15,16,17). The van der Waals surface area contributed by atoms with Gasteiger partial charge in [0.1, 0.15) is 16.7 Å². The minimum absolute atomic E-state index is 0.613. The van der Waals surface area contributed by atoms with Gasteiger partial charge in [0.05, 0.1) is 0 Å². The van der Waals surface area contributed by atoms with E-state index < -0.39 is 0 Å². The number of anilines is 1. The van der Waals surface area contributed by atoms with Gasteiger partial charge in [-0.2, -0.15) is 0 Å². The predicted octanol–water partition coefficient (Wildman–Crippen LogP) is 3.84. The zero-order valence-corrected chi connectivity index (χ0v) is 12.6. The van der Waals surface area contributed by atoms with Crippen LogP contribution in [0, 0.1) is 12.8 Å². The van der Waals surface area contributed by atoms with E-state index in [1.807, 2.05) is 18.8 Å². The molecule has 2 rings (SSSR count). The lowest BCUT2D eigenvalue weighted by atomic mass is 10.2. The third-order valence-electron chi connectivity index (χ3n) is 3.23. The molecule has 1 fully saturated rings. The molecule has 1 heterocycles. The van der Waals surface area contributed by atoms with Gasteiger partial charge in [0.2, 0.25) is 0 Å². The van der Waals surface area contributed by atoms with Crippen molar-refractivity contribution in [2.45, 2.75) is 51.0 Å². The van der Waals surface area contributed by atoms with Crippen LogP contribution in [0.25, 0.3) is 0 Å². The summed E-state index contributed by atoms with van der Waals surface area (Å²) < 4.78 is 0. The molecule has 0 amide bonds. The van der Waals surface area contributed by atoms with Crippen LogP contribution < -0.4 is 5.32 Å². The first-order valence-electron chi connectivity index (χ1n) is 6.81. The van der Waals surface area contributed by atoms with Crippen molar-refractivity contribution < 1.29 is 0 Å². The van der Waals surface area contributed by atoms with Crippen LogP contribution in [-0.4, -0.2) is 22.8 Å². The van der Waals surface area contributed by atoms with Gasteiger partial charge in [-0.3, -0.25) is 0 Å². The van der Waals surface area contributed by atoms with E-state index in [9.17, 15) is 0 Å². The van der Waals surface area contributed by atoms with Crippen molar-refractivity contribution in [2.75, 3.05) is 18.1 Å². The number of rotatable bonds is 6. The van der Waals surface area contributed by atoms with Gasteiger partial charge in [-0.05, 0) is 37.9 Å². The molecule has 3 nitrogen and oxygen atoms in total. The van der Waals surface area contributed by atoms with Crippen molar-refractivity contribution in [1.29, 1.82) is 0 Å². The Hall–Kier alpha value is -0.770. The molecule has 4 heteroatoms. The number of aromatic nitrogens is 2. The fourth-order valence-electron chi connectivity index (χ4n) is 1.81. The molecule has 0 aromatic carbocycles. The Balaban J connectivity index is 2.13. The summed E-state index contributed by atoms with van der Waals surface area (Å²) in [4.78, 5) is 9.37. The third-order valence-corrected chi connectivity index (χ3v) is 4.34. The van der Waals surface area contributed by atoms with E-state index in [2.05, 4.69) is 31.1 Å². The SMILES string of the molecule is CNc1nc(C2CC2)nc(SCCC(C)C)c1C. The fourth-order valence-corrected chi connectivity index (χ4v) is 3.07. The summed E-state index contributed by atoms with van der Waals surface area (Å²) in [5.74, 6) is 4.55. The molecule has 100 valence electrons. The quantitative estimate of drug-likeness (QED) is 0.626. The molecule has 1 aromatic heterocycles. The highest BCUT2D eigenvalue weighted by Crippen LogP contribution is 2.40. The van der Waals surface area contributed by atoms with Crippen LogP contribution >= 0.6 is 11.8 Å². The highest BCUT2D eigenvalue weighted by molar-refractivity contribution is 7.99. The van der Waals surface area contributed by atoms with Crippen molar-refractivity contribution in [2.24, 2.45) is 5.92 Å². The summed E-state index contributed by atoms with van der Waals surface area (Å²) in [6.45, 7) is 6.64. The summed E-state index contributed by atoms with van der Waals surface area (Å²) >= 11 is 1.87. The summed E-state index contributed by atoms with van der Waals surface area (Å²) in [6, 6.07) is 0. The maximum Gasteiger partial charge on any atom is 0.135 e. The van der Waals surface area contributed by atoms with Crippen LogP contribution in [0.3, 0.4) is 0 Å². The summed E-state index contributed by atoms with van der Waals surface area (Å²) in [5, 5.41) is 4.36. The highest BCUT2D eigenvalue weighted by atomic mass is 32.2. The third kappa shape index (κ3) is 3.37. The van der Waals surface area contributed by atoms with E-state index in [-0.39, 0.29) is 0 Å². The maximum atomic E-state index is 4.75. The molecule has 0 radical (unpaired) electrons. The van der Waals surface area contributed by atoms with Crippen molar-refractivity contribution in [1.82, 2.24) is 9.97 Å². The van der Waals surface area contributed by atoms with Gasteiger partial charge in [-0.15, -0.1) is 11.8 Å². The van der Waals surface area contributed by atoms with E-state index >= 15 is 0 Å². The number of hydrogen-bond acceptors (Lipinski definition) is 4. The molecular formula is C14H23N3S. The number of hydrogen-bond donors (Lipinski definition) is 1. The Labute approximate surface area is 114 Å². The van der Waals surface area contributed by atoms with Gasteiger partial charge < -0.3 is 5.32 Å². The Morgan fingerprint density at radius 2 is 2.06 bits per heavy atom. The largest absolute Gasteiger partial charge is 0.373 e. The molecule has 0 aliphatic heterocycles. The van der Waals surface area contributed by atoms with E-state index in [4.69, 9.17) is 4.98 Å². The molecule has 0 bridgehead atoms. The lowest BCUT2D eigenvalue weighted by Gasteiger charge is -2.12. The first-order valence-corrected chi connectivity index (χ1v) is 7.79. The first-order chi connectivity index (χ1) is 8.61. The second kappa shape index (κ2) is 5.91. The average Bonchev–Trinajstić information content (AvgIpc) is 3.15. The van der Waals surface area contributed by atoms with Gasteiger partial charge >= 0.3 is 0 Å². The summed E-state index contributed by atoms with van der Waals surface area (Å²) in [7, 11) is 1.94. The summed E-state index contributed by atoms with van der Waals surface area (Å²) in [6.07, 6.45) is 3.74. The van der Waals surface area contributed by atoms with Gasteiger partial charge in [-0.1, -0.05) is 13.8 Å². The smallest absolute Gasteiger partial charge is 0.135 e. The van der Waals surface area contributed by atoms with Crippen LogP contribution in [0.4, 0.5) is 5.82 Å². The molecule has 0 saturated heterocycles. The Morgan fingerprint density at radius 1 is 1.33 bits per heavy atom. The predicted molar refractivity (Wildman–Crippen MR) is 78.5 cm³/mol. The zero-order valence-electron chi connectivity index (χ0n) is 11.8. The van der Waals surface area contributed by atoms with Crippen LogP contribution in [0.2, 0.25) is 0 Å². The number of thioether (sulfide) groups is 1. The van der Waals surface area contributed by atoms with Gasteiger partial charge in [0, 0.05) is 18.5 Å². The molecule has 0 spiro atoms. The van der Waals surface area contributed by atoms with Crippen molar-refractivity contribution in [3.63, 3.8) is 0 Å². The number of nitrogens with zero attached hydrogens (tertiary/aromatic N) is 2. The monoisotopic (exact) mass is 265 g/mol. The molecule has 1 saturated carbocycles. The van der Waals surface area contributed by atoms with Gasteiger partial charge in [-0.25, -0.2) is 9.97 Å². The van der Waals surface area contributed by atoms with Crippen molar-refractivity contribution in [3.8, 4) is 0 Å². The maximum absolute atomic E-state index is 4.75. The minimum Gasteiger partial charge on any atom is -0.373 e. The van der Waals surface area contributed by atoms with Gasteiger partial charge in [0.15, 0.2) is 0 Å². The molecule has 1 aromatic rings. The molecule has 0 atom stereocenters. The molecule has 1 aliphatic carbocycles. The number of nitrogens with one attached hydrogen (secondary N) is 1. The topological polar surface area (TPSA) is 37.8 Å². The molecule has 1 aliphatic rings. The minimum atomic E-state index is 0.613. The van der Waals surface area contributed by atoms with E-state index in [0.717, 1.165) is 28.3 Å². The molecule has 1 N–H and O–H groups in total. The lowest BCUT2D eigenvalue weighted by Crippen LogP contribution is -2.04. The molecule has 0 unspecified atom stereocenters. The lowest BCUT2D eigenvalue weighted by molar-refractivity contribution is 0.631. The Morgan fingerprint density at radius 3 is 2.61 bits per heavy atom. The molecule has 18 heavy (non-hydrogen) atoms. The summed E-state index contributed by atoms with van der Waals surface area (Å²) in [5.41, 5.74) is 1.19. The van der Waals surface area contributed by atoms with E-state index in [1.165, 1.54) is 24.8 Å². The van der Waals surface area contributed by atoms with Crippen LogP contribution in [-0.2, 0) is 0 Å². The first kappa shape index (κ1) is 13.7. The zero-order chi connectivity index (χ0) is 13.1. The second-order valence-corrected chi connectivity index (χ2v) is 6.50. The van der Waals surface area contributed by atoms with Crippen LogP contribution in [0.1, 0.15) is 50.4 Å². The van der Waals surface area contributed by atoms with Crippen molar-refractivity contribution >= 4 is 17.6 Å². The van der Waals surface area contributed by atoms with Crippen molar-refractivity contribution in [3.05, 3.63) is 11.4 Å². The van der Waals surface area contributed by atoms with E-state index in [1.54, 1.807) is 0 Å². The van der Waals surface area contributed by atoms with E-state index in [0.29, 0.717) is 5.92 Å². The normalized spacial score (nSPS) is 15.2. The fraction of sp³-hybridized carbons (Fsp3) is 0.714. The average molecular weight is 265 g/mol. The second-order valence-electron chi connectivity index (χ2n) is 5.42. The van der Waals surface area contributed by atoms with Crippen LogP contribution in [0.5, 0.6) is 0 Å². The molecular weight excluding hydrogens is 242 g/mol. The van der Waals surface area contributed by atoms with Crippen LogP contribution in [0.15, 0.2) is 5.03 Å². The van der Waals surface area contributed by atoms with Gasteiger partial charge in [0.25, 0.3) is 0 Å². The Bertz CT molecular complexity index is 414. The Kier molecular flexibility index (Phi) is 4.49.